The van der Waals surface area contributed by atoms with E-state index in [0.717, 1.165) is 22.9 Å². The second-order valence-corrected chi connectivity index (χ2v) is 9.64. The van der Waals surface area contributed by atoms with E-state index in [1.54, 1.807) is 18.3 Å². The Morgan fingerprint density at radius 3 is 2.30 bits per heavy atom. The van der Waals surface area contributed by atoms with Crippen LogP contribution in [-0.4, -0.2) is 45.2 Å². The molecule has 1 saturated carbocycles. The minimum absolute atomic E-state index is 0.205. The number of aromatic nitrogens is 2. The lowest BCUT2D eigenvalue weighted by Gasteiger charge is -2.09. The van der Waals surface area contributed by atoms with Crippen LogP contribution in [0.5, 0.6) is 0 Å². The van der Waals surface area contributed by atoms with Crippen LogP contribution in [0.3, 0.4) is 0 Å². The maximum Gasteiger partial charge on any atom is 0.490 e. The second-order valence-electron chi connectivity index (χ2n) is 9.64. The summed E-state index contributed by atoms with van der Waals surface area (Å²) < 4.78 is 70.0. The Labute approximate surface area is 237 Å². The lowest BCUT2D eigenvalue weighted by atomic mass is 10.0. The first-order valence-electron chi connectivity index (χ1n) is 12.5. The lowest BCUT2D eigenvalue weighted by molar-refractivity contribution is -0.192. The fourth-order valence-corrected chi connectivity index (χ4v) is 4.67. The smallest absolute Gasteiger partial charge is 0.475 e. The zero-order chi connectivity index (χ0) is 31.1. The Morgan fingerprint density at radius 2 is 1.70 bits per heavy atom. The zero-order valence-corrected chi connectivity index (χ0v) is 21.5. The molecule has 2 aromatic carbocycles. The summed E-state index contributed by atoms with van der Waals surface area (Å²) in [6.45, 7) is 0. The molecule has 0 saturated heterocycles. The number of amides is 2. The fraction of sp³-hybridized carbons (Fsp3) is 0.179. The van der Waals surface area contributed by atoms with E-state index in [-0.39, 0.29) is 11.8 Å². The summed E-state index contributed by atoms with van der Waals surface area (Å²) in [6, 6.07) is 15.3. The van der Waals surface area contributed by atoms with Gasteiger partial charge in [0, 0.05) is 34.3 Å². The van der Waals surface area contributed by atoms with Gasteiger partial charge in [-0.3, -0.25) is 14.6 Å². The highest BCUT2D eigenvalue weighted by molar-refractivity contribution is 6.18. The lowest BCUT2D eigenvalue weighted by Crippen LogP contribution is -2.21. The maximum absolute atomic E-state index is 12.9. The number of aromatic amines is 1. The Kier molecular flexibility index (Phi) is 7.42. The van der Waals surface area contributed by atoms with Crippen LogP contribution in [0.25, 0.3) is 22.2 Å². The Bertz CT molecular complexity index is 1750. The predicted octanol–water partition coefficient (Wildman–Crippen LogP) is 5.70. The van der Waals surface area contributed by atoms with E-state index in [9.17, 15) is 35.9 Å². The first kappa shape index (κ1) is 29.3. The standard InChI is InChI=1S/C26H18F3N5O2.C2HF3O2/c27-26(28,29)21-7-6-14(11-30-21)16-10-17(16)24(35)32-15-8-18-22-19(12-31-34-25(18)36)23(33-20(22)9-15)13-4-2-1-3-5-13;3-2(4,5)1(6)7/h1-9,11-12,16-17,33H,10H2,(H,32,35)(H,34,36);(H,6,7). The number of carbonyl (C=O) groups is 3. The van der Waals surface area contributed by atoms with Crippen molar-refractivity contribution in [1.29, 1.82) is 0 Å². The molecule has 222 valence electrons. The second kappa shape index (κ2) is 10.9. The molecule has 43 heavy (non-hydrogen) atoms. The number of alkyl halides is 6. The largest absolute Gasteiger partial charge is 0.490 e. The molecule has 4 aromatic rings. The van der Waals surface area contributed by atoms with Gasteiger partial charge in [0.15, 0.2) is 0 Å². The van der Waals surface area contributed by atoms with E-state index in [0.29, 0.717) is 34.1 Å². The molecule has 2 aliphatic rings. The number of hydrogen-bond acceptors (Lipinski definition) is 5. The minimum atomic E-state index is -5.08. The average Bonchev–Trinajstić information content (AvgIpc) is 3.70. The van der Waals surface area contributed by atoms with Gasteiger partial charge in [-0.1, -0.05) is 36.4 Å². The highest BCUT2D eigenvalue weighted by Crippen LogP contribution is 2.48. The molecule has 1 fully saturated rings. The molecule has 1 aliphatic carbocycles. The molecule has 4 N–H and O–H groups in total. The summed E-state index contributed by atoms with van der Waals surface area (Å²) in [4.78, 5) is 41.4. The van der Waals surface area contributed by atoms with Crippen molar-refractivity contribution in [3.05, 3.63) is 83.2 Å². The number of pyridine rings is 1. The average molecular weight is 603 g/mol. The van der Waals surface area contributed by atoms with Crippen molar-refractivity contribution in [2.75, 3.05) is 5.32 Å². The van der Waals surface area contributed by atoms with Gasteiger partial charge in [-0.25, -0.2) is 10.2 Å². The molecule has 2 aromatic heterocycles. The molecule has 9 nitrogen and oxygen atoms in total. The molecule has 1 aliphatic heterocycles. The number of halogens is 6. The number of H-pyrrole nitrogens is 1. The van der Waals surface area contributed by atoms with Crippen molar-refractivity contribution in [2.24, 2.45) is 11.0 Å². The number of aliphatic carboxylic acids is 1. The molecule has 2 atom stereocenters. The number of carboxylic acids is 1. The molecule has 2 amide bonds. The first-order valence-corrected chi connectivity index (χ1v) is 12.5. The zero-order valence-electron chi connectivity index (χ0n) is 21.5. The topological polar surface area (TPSA) is 137 Å². The predicted molar refractivity (Wildman–Crippen MR) is 141 cm³/mol. The van der Waals surface area contributed by atoms with Gasteiger partial charge in [0.2, 0.25) is 5.91 Å². The summed E-state index contributed by atoms with van der Waals surface area (Å²) in [7, 11) is 0. The van der Waals surface area contributed by atoms with Crippen molar-refractivity contribution in [3.63, 3.8) is 0 Å². The number of hydrogen-bond donors (Lipinski definition) is 4. The number of anilines is 1. The highest BCUT2D eigenvalue weighted by atomic mass is 19.4. The third kappa shape index (κ3) is 6.19. The number of carbonyl (C=O) groups excluding carboxylic acids is 2. The SMILES string of the molecule is O=C(O)C(F)(F)F.O=C1NN=Cc2c(-c3ccccc3)[nH]c3cc(NC(=O)C4CC4c4ccc(C(F)(F)F)nc4)cc1c23. The molecular weight excluding hydrogens is 584 g/mol. The van der Waals surface area contributed by atoms with Crippen LogP contribution >= 0.6 is 0 Å². The Morgan fingerprint density at radius 1 is 1.00 bits per heavy atom. The van der Waals surface area contributed by atoms with Crippen LogP contribution in [0.1, 0.15) is 39.5 Å². The number of carboxylic acid groups (broad SMARTS) is 1. The van der Waals surface area contributed by atoms with Crippen molar-refractivity contribution in [2.45, 2.75) is 24.7 Å². The highest BCUT2D eigenvalue weighted by Gasteiger charge is 2.44. The van der Waals surface area contributed by atoms with Crippen LogP contribution in [0.2, 0.25) is 0 Å². The van der Waals surface area contributed by atoms with Gasteiger partial charge in [-0.2, -0.15) is 31.4 Å². The normalized spacial score (nSPS) is 17.4. The summed E-state index contributed by atoms with van der Waals surface area (Å²) in [5.74, 6) is -4.03. The fourth-order valence-electron chi connectivity index (χ4n) is 4.67. The van der Waals surface area contributed by atoms with Crippen molar-refractivity contribution in [1.82, 2.24) is 15.4 Å². The number of hydrazone groups is 1. The molecule has 15 heteroatoms. The molecule has 3 heterocycles. The maximum atomic E-state index is 12.9. The minimum Gasteiger partial charge on any atom is -0.475 e. The third-order valence-corrected chi connectivity index (χ3v) is 6.75. The van der Waals surface area contributed by atoms with Gasteiger partial charge in [-0.05, 0) is 41.7 Å². The molecule has 0 radical (unpaired) electrons. The quantitative estimate of drug-likeness (QED) is 0.222. The van der Waals surface area contributed by atoms with Gasteiger partial charge in [0.1, 0.15) is 5.69 Å². The molecule has 6 rings (SSSR count). The number of nitrogens with zero attached hydrogens (tertiary/aromatic N) is 2. The van der Waals surface area contributed by atoms with E-state index in [1.165, 1.54) is 12.3 Å². The summed E-state index contributed by atoms with van der Waals surface area (Å²) in [5, 5.41) is 14.7. The molecule has 2 unspecified atom stereocenters. The Hall–Kier alpha value is -5.21. The van der Waals surface area contributed by atoms with E-state index in [1.807, 2.05) is 30.3 Å². The molecular formula is C28H19F6N5O4. The van der Waals surface area contributed by atoms with E-state index in [4.69, 9.17) is 9.90 Å². The van der Waals surface area contributed by atoms with Crippen LogP contribution in [0.15, 0.2) is 65.9 Å². The number of benzene rings is 2. The third-order valence-electron chi connectivity index (χ3n) is 6.75. The van der Waals surface area contributed by atoms with Crippen molar-refractivity contribution in [3.8, 4) is 11.3 Å². The Balaban J connectivity index is 0.000000472. The van der Waals surface area contributed by atoms with E-state index >= 15 is 0 Å². The van der Waals surface area contributed by atoms with Crippen LogP contribution in [0, 0.1) is 5.92 Å². The molecule has 0 bridgehead atoms. The van der Waals surface area contributed by atoms with Gasteiger partial charge in [-0.15, -0.1) is 0 Å². The monoisotopic (exact) mass is 603 g/mol. The van der Waals surface area contributed by atoms with Gasteiger partial charge in [0.25, 0.3) is 5.91 Å². The van der Waals surface area contributed by atoms with E-state index < -0.39 is 35.8 Å². The molecule has 0 spiro atoms. The number of nitrogens with one attached hydrogen (secondary N) is 3. The summed E-state index contributed by atoms with van der Waals surface area (Å²) in [5.41, 5.74) is 6.07. The van der Waals surface area contributed by atoms with Crippen LogP contribution < -0.4 is 10.7 Å². The van der Waals surface area contributed by atoms with Gasteiger partial charge in [0.05, 0.1) is 17.5 Å². The summed E-state index contributed by atoms with van der Waals surface area (Å²) >= 11 is 0. The van der Waals surface area contributed by atoms with Crippen LogP contribution in [-0.2, 0) is 15.8 Å². The number of rotatable bonds is 4. The van der Waals surface area contributed by atoms with Crippen molar-refractivity contribution >= 4 is 40.6 Å². The summed E-state index contributed by atoms with van der Waals surface area (Å²) in [6.07, 6.45) is -6.31. The van der Waals surface area contributed by atoms with Crippen LogP contribution in [0.4, 0.5) is 32.0 Å². The van der Waals surface area contributed by atoms with Crippen molar-refractivity contribution < 1.29 is 45.8 Å². The van der Waals surface area contributed by atoms with Gasteiger partial charge < -0.3 is 15.4 Å². The van der Waals surface area contributed by atoms with Gasteiger partial charge >= 0.3 is 18.3 Å². The first-order chi connectivity index (χ1) is 20.2. The van der Waals surface area contributed by atoms with E-state index in [2.05, 4.69) is 25.8 Å².